The third-order valence-corrected chi connectivity index (χ3v) is 4.19. The van der Waals surface area contributed by atoms with Crippen LogP contribution in [0.4, 0.5) is 18.9 Å². The summed E-state index contributed by atoms with van der Waals surface area (Å²) in [4.78, 5) is 16.4. The van der Waals surface area contributed by atoms with Crippen molar-refractivity contribution in [2.45, 2.75) is 6.18 Å². The average Bonchev–Trinajstić information content (AvgIpc) is 3.01. The highest BCUT2D eigenvalue weighted by Crippen LogP contribution is 2.23. The molecular formula is C18H13F3N2O2S. The van der Waals surface area contributed by atoms with E-state index in [1.165, 1.54) is 35.6 Å². The fourth-order valence-corrected chi connectivity index (χ4v) is 2.99. The van der Waals surface area contributed by atoms with Crippen LogP contribution in [-0.4, -0.2) is 23.7 Å². The van der Waals surface area contributed by atoms with Crippen molar-refractivity contribution >= 4 is 39.2 Å². The van der Waals surface area contributed by atoms with Crippen molar-refractivity contribution in [2.75, 3.05) is 11.9 Å². The summed E-state index contributed by atoms with van der Waals surface area (Å²) in [5.74, 6) is -0.396. The van der Waals surface area contributed by atoms with Gasteiger partial charge >= 0.3 is 6.18 Å². The maximum Gasteiger partial charge on any atom is 0.422 e. The van der Waals surface area contributed by atoms with Gasteiger partial charge < -0.3 is 10.1 Å². The van der Waals surface area contributed by atoms with Crippen LogP contribution in [0.25, 0.3) is 16.3 Å². The number of nitrogens with one attached hydrogen (secondary N) is 1. The maximum atomic E-state index is 12.2. The number of alkyl halides is 3. The third-order valence-electron chi connectivity index (χ3n) is 3.19. The highest BCUT2D eigenvalue weighted by atomic mass is 32.1. The van der Waals surface area contributed by atoms with E-state index in [-0.39, 0.29) is 5.75 Å². The number of carbonyl (C=O) groups excluding carboxylic acids is 1. The highest BCUT2D eigenvalue weighted by molar-refractivity contribution is 7.19. The van der Waals surface area contributed by atoms with E-state index in [1.54, 1.807) is 12.1 Å². The molecule has 0 fully saturated rings. The van der Waals surface area contributed by atoms with Crippen molar-refractivity contribution in [3.8, 4) is 5.75 Å². The molecule has 8 heteroatoms. The quantitative estimate of drug-likeness (QED) is 0.643. The molecule has 1 aromatic heterocycles. The fourth-order valence-electron chi connectivity index (χ4n) is 2.12. The van der Waals surface area contributed by atoms with E-state index >= 15 is 0 Å². The largest absolute Gasteiger partial charge is 0.484 e. The molecule has 2 aromatic carbocycles. The van der Waals surface area contributed by atoms with E-state index in [0.29, 0.717) is 10.7 Å². The number of para-hydroxylation sites is 1. The molecule has 0 saturated carbocycles. The van der Waals surface area contributed by atoms with E-state index in [4.69, 9.17) is 0 Å². The van der Waals surface area contributed by atoms with E-state index in [1.807, 2.05) is 24.3 Å². The molecule has 0 radical (unpaired) electrons. The second kappa shape index (κ2) is 7.57. The molecule has 134 valence electrons. The molecule has 0 spiro atoms. The standard InChI is InChI=1S/C18H13F3N2O2S/c19-18(20,21)11-25-13-5-3-4-12(10-13)22-16(24)8-9-17-23-14-6-1-2-7-15(14)26-17/h1-10H,11H2,(H,22,24)/b9-8+. The van der Waals surface area contributed by atoms with E-state index in [0.717, 1.165) is 10.2 Å². The lowest BCUT2D eigenvalue weighted by molar-refractivity contribution is -0.153. The smallest absolute Gasteiger partial charge is 0.422 e. The molecule has 0 atom stereocenters. The molecule has 26 heavy (non-hydrogen) atoms. The number of hydrogen-bond donors (Lipinski definition) is 1. The average molecular weight is 378 g/mol. The number of hydrogen-bond acceptors (Lipinski definition) is 4. The fraction of sp³-hybridized carbons (Fsp3) is 0.111. The summed E-state index contributed by atoms with van der Waals surface area (Å²) in [6, 6.07) is 13.4. The number of halogens is 3. The molecule has 0 aliphatic carbocycles. The molecular weight excluding hydrogens is 365 g/mol. The van der Waals surface area contributed by atoms with Gasteiger partial charge in [-0.15, -0.1) is 11.3 Å². The van der Waals surface area contributed by atoms with Gasteiger partial charge in [0.2, 0.25) is 5.91 Å². The molecule has 3 aromatic rings. The Hall–Kier alpha value is -2.87. The second-order valence-corrected chi connectivity index (χ2v) is 6.34. The molecule has 1 amide bonds. The number of rotatable bonds is 5. The summed E-state index contributed by atoms with van der Waals surface area (Å²) in [6.07, 6.45) is -1.51. The van der Waals surface area contributed by atoms with E-state index in [2.05, 4.69) is 15.0 Å². The maximum absolute atomic E-state index is 12.2. The Morgan fingerprint density at radius 2 is 2.00 bits per heavy atom. The van der Waals surface area contributed by atoms with Gasteiger partial charge in [0.05, 0.1) is 10.2 Å². The van der Waals surface area contributed by atoms with Gasteiger partial charge in [0, 0.05) is 17.8 Å². The molecule has 0 aliphatic rings. The van der Waals surface area contributed by atoms with Crippen LogP contribution in [0.5, 0.6) is 5.75 Å². The SMILES string of the molecule is O=C(/C=C/c1nc2ccccc2s1)Nc1cccc(OCC(F)(F)F)c1. The van der Waals surface area contributed by atoms with Gasteiger partial charge in [0.1, 0.15) is 10.8 Å². The van der Waals surface area contributed by atoms with Crippen molar-refractivity contribution in [3.63, 3.8) is 0 Å². The van der Waals surface area contributed by atoms with Crippen LogP contribution in [0.15, 0.2) is 54.6 Å². The summed E-state index contributed by atoms with van der Waals surface area (Å²) >= 11 is 1.45. The van der Waals surface area contributed by atoms with Crippen LogP contribution >= 0.6 is 11.3 Å². The molecule has 1 N–H and O–H groups in total. The third kappa shape index (κ3) is 5.06. The Morgan fingerprint density at radius 3 is 2.77 bits per heavy atom. The second-order valence-electron chi connectivity index (χ2n) is 5.27. The Labute approximate surface area is 150 Å². The van der Waals surface area contributed by atoms with Gasteiger partial charge in [-0.1, -0.05) is 18.2 Å². The number of ether oxygens (including phenoxy) is 1. The first-order chi connectivity index (χ1) is 12.4. The first kappa shape index (κ1) is 17.9. The monoisotopic (exact) mass is 378 g/mol. The Balaban J connectivity index is 1.62. The van der Waals surface area contributed by atoms with Crippen molar-refractivity contribution in [2.24, 2.45) is 0 Å². The number of anilines is 1. The summed E-state index contributed by atoms with van der Waals surface area (Å²) in [6.45, 7) is -1.39. The van der Waals surface area contributed by atoms with Crippen molar-refractivity contribution in [1.82, 2.24) is 4.98 Å². The van der Waals surface area contributed by atoms with Crippen LogP contribution in [-0.2, 0) is 4.79 Å². The number of thiazole rings is 1. The van der Waals surface area contributed by atoms with Gasteiger partial charge in [-0.3, -0.25) is 4.79 Å². The minimum atomic E-state index is -4.42. The molecule has 1 heterocycles. The topological polar surface area (TPSA) is 51.2 Å². The van der Waals surface area contributed by atoms with Gasteiger partial charge in [0.25, 0.3) is 0 Å². The molecule has 0 aliphatic heterocycles. The van der Waals surface area contributed by atoms with Crippen LogP contribution in [0.1, 0.15) is 5.01 Å². The molecule has 4 nitrogen and oxygen atoms in total. The van der Waals surface area contributed by atoms with Crippen molar-refractivity contribution in [1.29, 1.82) is 0 Å². The summed E-state index contributed by atoms with van der Waals surface area (Å²) in [5, 5.41) is 3.26. The van der Waals surface area contributed by atoms with Crippen molar-refractivity contribution < 1.29 is 22.7 Å². The lowest BCUT2D eigenvalue weighted by Gasteiger charge is -2.10. The highest BCUT2D eigenvalue weighted by Gasteiger charge is 2.28. The van der Waals surface area contributed by atoms with Crippen LogP contribution in [0.3, 0.4) is 0 Å². The van der Waals surface area contributed by atoms with Crippen LogP contribution < -0.4 is 10.1 Å². The molecule has 0 unspecified atom stereocenters. The minimum Gasteiger partial charge on any atom is -0.484 e. The zero-order valence-electron chi connectivity index (χ0n) is 13.3. The van der Waals surface area contributed by atoms with Gasteiger partial charge in [-0.05, 0) is 30.3 Å². The van der Waals surface area contributed by atoms with Gasteiger partial charge in [-0.2, -0.15) is 13.2 Å². The Morgan fingerprint density at radius 1 is 1.19 bits per heavy atom. The zero-order valence-corrected chi connectivity index (χ0v) is 14.1. The predicted molar refractivity (Wildman–Crippen MR) is 95.3 cm³/mol. The molecule has 3 rings (SSSR count). The number of aromatic nitrogens is 1. The van der Waals surface area contributed by atoms with E-state index in [9.17, 15) is 18.0 Å². The zero-order chi connectivity index (χ0) is 18.6. The number of amides is 1. The first-order valence-electron chi connectivity index (χ1n) is 7.53. The number of carbonyl (C=O) groups is 1. The normalized spacial score (nSPS) is 11.8. The lowest BCUT2D eigenvalue weighted by atomic mass is 10.3. The van der Waals surface area contributed by atoms with Crippen LogP contribution in [0, 0.1) is 0 Å². The first-order valence-corrected chi connectivity index (χ1v) is 8.35. The predicted octanol–water partition coefficient (Wildman–Crippen LogP) is 4.89. The number of fused-ring (bicyclic) bond motifs is 1. The summed E-state index contributed by atoms with van der Waals surface area (Å²) < 4.78 is 42.2. The molecule has 0 saturated heterocycles. The number of benzene rings is 2. The summed E-state index contributed by atoms with van der Waals surface area (Å²) in [7, 11) is 0. The van der Waals surface area contributed by atoms with Crippen LogP contribution in [0.2, 0.25) is 0 Å². The summed E-state index contributed by atoms with van der Waals surface area (Å²) in [5.41, 5.74) is 1.19. The molecule has 0 bridgehead atoms. The Bertz CT molecular complexity index is 918. The lowest BCUT2D eigenvalue weighted by Crippen LogP contribution is -2.19. The Kier molecular flexibility index (Phi) is 5.22. The van der Waals surface area contributed by atoms with Crippen molar-refractivity contribution in [3.05, 3.63) is 59.6 Å². The van der Waals surface area contributed by atoms with Gasteiger partial charge in [0.15, 0.2) is 6.61 Å². The van der Waals surface area contributed by atoms with Gasteiger partial charge in [-0.25, -0.2) is 4.98 Å². The van der Waals surface area contributed by atoms with E-state index < -0.39 is 18.7 Å². The number of nitrogens with zero attached hydrogens (tertiary/aromatic N) is 1. The minimum absolute atomic E-state index is 0.0234.